The molecule has 1 aliphatic heterocycles. The normalized spacial score (nSPS) is 20.4. The van der Waals surface area contributed by atoms with Crippen LogP contribution in [0.3, 0.4) is 0 Å². The van der Waals surface area contributed by atoms with Gasteiger partial charge in [-0.15, -0.1) is 0 Å². The predicted octanol–water partition coefficient (Wildman–Crippen LogP) is 3.89. The van der Waals surface area contributed by atoms with Crippen LogP contribution in [0, 0.1) is 0 Å². The van der Waals surface area contributed by atoms with Crippen LogP contribution in [0.2, 0.25) is 6.04 Å². The van der Waals surface area contributed by atoms with E-state index in [1.54, 1.807) is 0 Å². The molecule has 0 amide bonds. The SMILES string of the molecule is CCCCCCCCCCCCCC[SiH]1OO[SiH2]O1. The van der Waals surface area contributed by atoms with E-state index >= 15 is 0 Å². The average Bonchev–Trinajstić information content (AvgIpc) is 2.93. The summed E-state index contributed by atoms with van der Waals surface area (Å²) in [6, 6.07) is 1.14. The smallest absolute Gasteiger partial charge is 0.349 e. The fraction of sp³-hybridized carbons (Fsp3) is 1.00. The first kappa shape index (κ1) is 17.4. The highest BCUT2D eigenvalue weighted by molar-refractivity contribution is 6.53. The molecule has 0 aromatic heterocycles. The fourth-order valence-electron chi connectivity index (χ4n) is 2.52. The van der Waals surface area contributed by atoms with Crippen LogP contribution in [0.25, 0.3) is 0 Å². The Morgan fingerprint density at radius 2 is 1.26 bits per heavy atom. The van der Waals surface area contributed by atoms with Crippen LogP contribution < -0.4 is 0 Å². The van der Waals surface area contributed by atoms with Crippen LogP contribution in [0.15, 0.2) is 0 Å². The van der Waals surface area contributed by atoms with Gasteiger partial charge in [-0.25, -0.2) is 0 Å². The first-order valence-corrected chi connectivity index (χ1v) is 11.2. The topological polar surface area (TPSA) is 27.7 Å². The third kappa shape index (κ3) is 10.7. The molecule has 1 atom stereocenters. The molecule has 3 nitrogen and oxygen atoms in total. The Labute approximate surface area is 123 Å². The third-order valence-electron chi connectivity index (χ3n) is 3.77. The Bertz CT molecular complexity index is 188. The summed E-state index contributed by atoms with van der Waals surface area (Å²) in [5, 5.41) is 0. The Morgan fingerprint density at radius 3 is 1.74 bits per heavy atom. The summed E-state index contributed by atoms with van der Waals surface area (Å²) in [4.78, 5) is 0. The number of rotatable bonds is 13. The molecule has 1 heterocycles. The zero-order valence-corrected chi connectivity index (χ0v) is 15.3. The number of hydrogen-bond donors (Lipinski definition) is 0. The highest BCUT2D eigenvalue weighted by Crippen LogP contribution is 2.14. The van der Waals surface area contributed by atoms with E-state index in [1.807, 2.05) is 0 Å². The van der Waals surface area contributed by atoms with Crippen molar-refractivity contribution in [2.45, 2.75) is 90.0 Å². The second-order valence-electron chi connectivity index (χ2n) is 5.61. The quantitative estimate of drug-likeness (QED) is 0.293. The van der Waals surface area contributed by atoms with Crippen molar-refractivity contribution in [3.63, 3.8) is 0 Å². The maximum Gasteiger partial charge on any atom is 0.349 e. The Hall–Kier alpha value is 0.314. The molecule has 0 N–H and O–H groups in total. The van der Waals surface area contributed by atoms with Gasteiger partial charge < -0.3 is 4.12 Å². The van der Waals surface area contributed by atoms with Gasteiger partial charge in [0.05, 0.1) is 0 Å². The monoisotopic (exact) mass is 304 g/mol. The van der Waals surface area contributed by atoms with Crippen molar-refractivity contribution >= 4 is 19.3 Å². The van der Waals surface area contributed by atoms with E-state index in [2.05, 4.69) is 6.92 Å². The predicted molar refractivity (Wildman–Crippen MR) is 84.8 cm³/mol. The molecule has 0 saturated carbocycles. The second-order valence-corrected chi connectivity index (χ2v) is 9.04. The Kier molecular flexibility index (Phi) is 12.2. The van der Waals surface area contributed by atoms with Gasteiger partial charge in [0.25, 0.3) is 0 Å². The number of unbranched alkanes of at least 4 members (excludes halogenated alkanes) is 11. The highest BCUT2D eigenvalue weighted by Gasteiger charge is 2.20. The minimum absolute atomic E-state index is 0.726. The first-order valence-electron chi connectivity index (χ1n) is 8.33. The van der Waals surface area contributed by atoms with Gasteiger partial charge in [-0.05, 0) is 6.04 Å². The molecule has 0 aromatic rings. The maximum absolute atomic E-state index is 5.49. The molecule has 1 rings (SSSR count). The Morgan fingerprint density at radius 1 is 0.737 bits per heavy atom. The molecule has 0 spiro atoms. The summed E-state index contributed by atoms with van der Waals surface area (Å²) < 4.78 is 15.5. The van der Waals surface area contributed by atoms with E-state index in [4.69, 9.17) is 13.3 Å². The molecule has 1 fully saturated rings. The molecular formula is C14H32O3Si2. The van der Waals surface area contributed by atoms with Crippen molar-refractivity contribution < 1.29 is 13.3 Å². The van der Waals surface area contributed by atoms with Crippen LogP contribution in [-0.4, -0.2) is 19.3 Å². The van der Waals surface area contributed by atoms with E-state index in [9.17, 15) is 0 Å². The van der Waals surface area contributed by atoms with Crippen LogP contribution in [-0.2, 0) is 13.3 Å². The zero-order chi connectivity index (χ0) is 13.6. The lowest BCUT2D eigenvalue weighted by atomic mass is 10.1. The van der Waals surface area contributed by atoms with Crippen LogP contribution in [0.1, 0.15) is 84.0 Å². The lowest BCUT2D eigenvalue weighted by Gasteiger charge is -2.04. The van der Waals surface area contributed by atoms with E-state index in [-0.39, 0.29) is 0 Å². The molecular weight excluding hydrogens is 272 g/mol. The minimum Gasteiger partial charge on any atom is -0.418 e. The largest absolute Gasteiger partial charge is 0.418 e. The van der Waals surface area contributed by atoms with Crippen molar-refractivity contribution in [2.24, 2.45) is 0 Å². The van der Waals surface area contributed by atoms with Crippen LogP contribution >= 0.6 is 0 Å². The molecule has 5 heteroatoms. The molecule has 114 valence electrons. The maximum atomic E-state index is 5.49. The molecule has 1 unspecified atom stereocenters. The molecule has 0 aromatic carbocycles. The van der Waals surface area contributed by atoms with E-state index in [0.29, 0.717) is 0 Å². The third-order valence-corrected chi connectivity index (χ3v) is 7.54. The van der Waals surface area contributed by atoms with Gasteiger partial charge in [0.2, 0.25) is 0 Å². The summed E-state index contributed by atoms with van der Waals surface area (Å²) in [7, 11) is -2.05. The molecule has 0 bridgehead atoms. The lowest BCUT2D eigenvalue weighted by molar-refractivity contribution is -0.0927. The summed E-state index contributed by atoms with van der Waals surface area (Å²) in [5.41, 5.74) is 0. The molecule has 0 radical (unpaired) electrons. The highest BCUT2D eigenvalue weighted by atomic mass is 28.4. The molecule has 1 aliphatic rings. The van der Waals surface area contributed by atoms with Crippen molar-refractivity contribution in [3.05, 3.63) is 0 Å². The summed E-state index contributed by atoms with van der Waals surface area (Å²) in [5.74, 6) is 0. The molecule has 1 saturated heterocycles. The lowest BCUT2D eigenvalue weighted by Crippen LogP contribution is -2.13. The van der Waals surface area contributed by atoms with Crippen molar-refractivity contribution in [1.29, 1.82) is 0 Å². The van der Waals surface area contributed by atoms with E-state index in [0.717, 1.165) is 6.04 Å². The van der Waals surface area contributed by atoms with Gasteiger partial charge in [0.1, 0.15) is 0 Å². The van der Waals surface area contributed by atoms with Gasteiger partial charge in [-0.2, -0.15) is 0 Å². The van der Waals surface area contributed by atoms with Gasteiger partial charge >= 0.3 is 19.3 Å². The fourth-order valence-corrected chi connectivity index (χ4v) is 5.78. The second kappa shape index (κ2) is 13.3. The average molecular weight is 305 g/mol. The van der Waals surface area contributed by atoms with Gasteiger partial charge in [-0.3, -0.25) is 9.15 Å². The molecule has 19 heavy (non-hydrogen) atoms. The Balaban J connectivity index is 1.67. The minimum atomic E-state index is -1.33. The van der Waals surface area contributed by atoms with Crippen molar-refractivity contribution in [2.75, 3.05) is 0 Å². The van der Waals surface area contributed by atoms with Crippen molar-refractivity contribution in [3.8, 4) is 0 Å². The van der Waals surface area contributed by atoms with Crippen molar-refractivity contribution in [1.82, 2.24) is 0 Å². The first-order chi connectivity index (χ1) is 9.43. The summed E-state index contributed by atoms with van der Waals surface area (Å²) in [6.45, 7) is 2.28. The van der Waals surface area contributed by atoms with Gasteiger partial charge in [-0.1, -0.05) is 84.0 Å². The number of hydrogen-bond acceptors (Lipinski definition) is 3. The van der Waals surface area contributed by atoms with Gasteiger partial charge in [0.15, 0.2) is 0 Å². The van der Waals surface area contributed by atoms with Crippen LogP contribution in [0.5, 0.6) is 0 Å². The van der Waals surface area contributed by atoms with Gasteiger partial charge in [0, 0.05) is 0 Å². The van der Waals surface area contributed by atoms with E-state index < -0.39 is 19.3 Å². The summed E-state index contributed by atoms with van der Waals surface area (Å²) >= 11 is 0. The van der Waals surface area contributed by atoms with E-state index in [1.165, 1.54) is 77.0 Å². The molecule has 0 aliphatic carbocycles. The summed E-state index contributed by atoms with van der Waals surface area (Å²) in [6.07, 6.45) is 16.8. The standard InChI is InChI=1S/C14H32O3Si2/c1-2-3-4-5-6-7-8-9-10-11-12-13-14-19-16-15-18-17-19/h19H,2-14,18H2,1H3. The zero-order valence-electron chi connectivity index (χ0n) is 12.7. The van der Waals surface area contributed by atoms with Crippen LogP contribution in [0.4, 0.5) is 0 Å².